The molecule has 3 N–H and O–H groups in total. The number of rotatable bonds is 6. The first-order valence-electron chi connectivity index (χ1n) is 3.36. The Labute approximate surface area is 61.6 Å². The standard InChI is InChI=1S/C6H16N2O2/c1-7-3-6(9)4-10-5-8-2/h6-9H,3-5H2,1-2H3. The minimum Gasteiger partial charge on any atom is -0.389 e. The van der Waals surface area contributed by atoms with Crippen LogP contribution in [0.5, 0.6) is 0 Å². The van der Waals surface area contributed by atoms with E-state index in [1.807, 2.05) is 0 Å². The molecule has 62 valence electrons. The van der Waals surface area contributed by atoms with E-state index in [1.54, 1.807) is 14.1 Å². The molecule has 0 aromatic rings. The van der Waals surface area contributed by atoms with Gasteiger partial charge in [-0.15, -0.1) is 0 Å². The van der Waals surface area contributed by atoms with Gasteiger partial charge in [-0.25, -0.2) is 0 Å². The van der Waals surface area contributed by atoms with Gasteiger partial charge in [0.1, 0.15) is 0 Å². The van der Waals surface area contributed by atoms with Crippen LogP contribution in [0.2, 0.25) is 0 Å². The lowest BCUT2D eigenvalue weighted by Crippen LogP contribution is -2.29. The van der Waals surface area contributed by atoms with Crippen molar-refractivity contribution in [3.8, 4) is 0 Å². The molecule has 0 aliphatic heterocycles. The Morgan fingerprint density at radius 3 is 2.60 bits per heavy atom. The Kier molecular flexibility index (Phi) is 6.84. The fourth-order valence-electron chi connectivity index (χ4n) is 0.592. The Morgan fingerprint density at radius 1 is 1.40 bits per heavy atom. The summed E-state index contributed by atoms with van der Waals surface area (Å²) in [7, 11) is 3.59. The Morgan fingerprint density at radius 2 is 2.10 bits per heavy atom. The van der Waals surface area contributed by atoms with Gasteiger partial charge >= 0.3 is 0 Å². The minimum atomic E-state index is -0.404. The van der Waals surface area contributed by atoms with Crippen molar-refractivity contribution in [2.24, 2.45) is 0 Å². The van der Waals surface area contributed by atoms with E-state index >= 15 is 0 Å². The molecule has 0 aromatic heterocycles. The normalized spacial score (nSPS) is 13.5. The second-order valence-corrected chi connectivity index (χ2v) is 2.08. The summed E-state index contributed by atoms with van der Waals surface area (Å²) < 4.78 is 5.00. The molecule has 0 saturated heterocycles. The van der Waals surface area contributed by atoms with Crippen molar-refractivity contribution in [1.82, 2.24) is 10.6 Å². The monoisotopic (exact) mass is 148 g/mol. The van der Waals surface area contributed by atoms with E-state index in [0.717, 1.165) is 0 Å². The summed E-state index contributed by atoms with van der Waals surface area (Å²) in [6.07, 6.45) is -0.404. The van der Waals surface area contributed by atoms with Crippen molar-refractivity contribution in [3.05, 3.63) is 0 Å². The summed E-state index contributed by atoms with van der Waals surface area (Å²) in [6.45, 7) is 1.44. The smallest absolute Gasteiger partial charge is 0.0964 e. The number of likely N-dealkylation sites (N-methyl/N-ethyl adjacent to an activating group) is 1. The van der Waals surface area contributed by atoms with Gasteiger partial charge in [-0.3, -0.25) is 5.32 Å². The largest absolute Gasteiger partial charge is 0.389 e. The Hall–Kier alpha value is -0.160. The number of ether oxygens (including phenoxy) is 1. The van der Waals surface area contributed by atoms with Crippen LogP contribution in [0.15, 0.2) is 0 Å². The van der Waals surface area contributed by atoms with Crippen LogP contribution >= 0.6 is 0 Å². The number of nitrogens with one attached hydrogen (secondary N) is 2. The van der Waals surface area contributed by atoms with E-state index in [1.165, 1.54) is 0 Å². The summed E-state index contributed by atoms with van der Waals surface area (Å²) in [4.78, 5) is 0. The van der Waals surface area contributed by atoms with E-state index in [0.29, 0.717) is 19.9 Å². The molecule has 0 aromatic carbocycles. The molecule has 0 aliphatic rings. The highest BCUT2D eigenvalue weighted by Gasteiger charge is 2.00. The summed E-state index contributed by atoms with van der Waals surface area (Å²) in [5.74, 6) is 0. The Balaban J connectivity index is 2.97. The first-order chi connectivity index (χ1) is 4.81. The fourth-order valence-corrected chi connectivity index (χ4v) is 0.592. The highest BCUT2D eigenvalue weighted by Crippen LogP contribution is 1.80. The average Bonchev–Trinajstić information content (AvgIpc) is 1.89. The van der Waals surface area contributed by atoms with Gasteiger partial charge in [0.15, 0.2) is 0 Å². The number of aliphatic hydroxyl groups is 1. The molecule has 0 amide bonds. The highest BCUT2D eigenvalue weighted by atomic mass is 16.5. The molecule has 0 spiro atoms. The summed E-state index contributed by atoms with van der Waals surface area (Å²) in [5, 5.41) is 14.7. The molecule has 4 heteroatoms. The van der Waals surface area contributed by atoms with Crippen molar-refractivity contribution < 1.29 is 9.84 Å². The van der Waals surface area contributed by atoms with Crippen LogP contribution in [0.4, 0.5) is 0 Å². The van der Waals surface area contributed by atoms with Crippen molar-refractivity contribution in [2.45, 2.75) is 6.10 Å². The topological polar surface area (TPSA) is 53.5 Å². The van der Waals surface area contributed by atoms with Gasteiger partial charge < -0.3 is 15.2 Å². The fraction of sp³-hybridized carbons (Fsp3) is 1.00. The molecule has 0 heterocycles. The van der Waals surface area contributed by atoms with Crippen LogP contribution in [-0.4, -0.2) is 45.2 Å². The van der Waals surface area contributed by atoms with Gasteiger partial charge in [0, 0.05) is 6.54 Å². The molecule has 0 bridgehead atoms. The van der Waals surface area contributed by atoms with E-state index in [-0.39, 0.29) is 0 Å². The third-order valence-electron chi connectivity index (χ3n) is 0.996. The van der Waals surface area contributed by atoms with E-state index in [9.17, 15) is 0 Å². The van der Waals surface area contributed by atoms with Gasteiger partial charge in [0.25, 0.3) is 0 Å². The molecule has 0 saturated carbocycles. The van der Waals surface area contributed by atoms with E-state index in [4.69, 9.17) is 9.84 Å². The van der Waals surface area contributed by atoms with Gasteiger partial charge in [0.2, 0.25) is 0 Å². The maximum atomic E-state index is 9.06. The first-order valence-corrected chi connectivity index (χ1v) is 3.36. The van der Waals surface area contributed by atoms with Crippen molar-refractivity contribution >= 4 is 0 Å². The van der Waals surface area contributed by atoms with Gasteiger partial charge in [0.05, 0.1) is 19.4 Å². The predicted octanol–water partition coefficient (Wildman–Crippen LogP) is -1.24. The average molecular weight is 148 g/mol. The zero-order valence-corrected chi connectivity index (χ0v) is 6.55. The molecule has 0 radical (unpaired) electrons. The lowest BCUT2D eigenvalue weighted by Gasteiger charge is -2.09. The molecule has 1 unspecified atom stereocenters. The van der Waals surface area contributed by atoms with Crippen molar-refractivity contribution in [1.29, 1.82) is 0 Å². The minimum absolute atomic E-state index is 0.377. The second-order valence-electron chi connectivity index (χ2n) is 2.08. The van der Waals surface area contributed by atoms with Crippen molar-refractivity contribution in [3.63, 3.8) is 0 Å². The Bertz CT molecular complexity index is 70.8. The highest BCUT2D eigenvalue weighted by molar-refractivity contribution is 4.54. The van der Waals surface area contributed by atoms with Crippen LogP contribution in [0, 0.1) is 0 Å². The third kappa shape index (κ3) is 5.97. The van der Waals surface area contributed by atoms with Crippen LogP contribution < -0.4 is 10.6 Å². The van der Waals surface area contributed by atoms with Crippen LogP contribution in [0.3, 0.4) is 0 Å². The zero-order chi connectivity index (χ0) is 7.82. The first kappa shape index (κ1) is 9.84. The van der Waals surface area contributed by atoms with Gasteiger partial charge in [-0.2, -0.15) is 0 Å². The molecule has 0 fully saturated rings. The van der Waals surface area contributed by atoms with E-state index in [2.05, 4.69) is 10.6 Å². The van der Waals surface area contributed by atoms with Gasteiger partial charge in [-0.1, -0.05) is 0 Å². The van der Waals surface area contributed by atoms with Gasteiger partial charge in [-0.05, 0) is 14.1 Å². The van der Waals surface area contributed by atoms with Crippen LogP contribution in [-0.2, 0) is 4.74 Å². The quantitative estimate of drug-likeness (QED) is 0.326. The maximum absolute atomic E-state index is 9.06. The molecular formula is C6H16N2O2. The SMILES string of the molecule is CNCOCC(O)CNC. The molecule has 10 heavy (non-hydrogen) atoms. The number of aliphatic hydroxyl groups excluding tert-OH is 1. The van der Waals surface area contributed by atoms with Crippen LogP contribution in [0.1, 0.15) is 0 Å². The van der Waals surface area contributed by atoms with E-state index < -0.39 is 6.10 Å². The molecule has 0 rings (SSSR count). The third-order valence-corrected chi connectivity index (χ3v) is 0.996. The maximum Gasteiger partial charge on any atom is 0.0964 e. The van der Waals surface area contributed by atoms with Crippen molar-refractivity contribution in [2.75, 3.05) is 34.0 Å². The number of hydrogen-bond donors (Lipinski definition) is 3. The molecule has 4 nitrogen and oxygen atoms in total. The summed E-state index contributed by atoms with van der Waals surface area (Å²) in [5.41, 5.74) is 0. The van der Waals surface area contributed by atoms with Crippen LogP contribution in [0.25, 0.3) is 0 Å². The molecular weight excluding hydrogens is 132 g/mol. The number of hydrogen-bond acceptors (Lipinski definition) is 4. The zero-order valence-electron chi connectivity index (χ0n) is 6.55. The lowest BCUT2D eigenvalue weighted by atomic mass is 10.4. The summed E-state index contributed by atoms with van der Waals surface area (Å²) in [6, 6.07) is 0. The predicted molar refractivity (Wildman–Crippen MR) is 39.8 cm³/mol. The molecule has 0 aliphatic carbocycles. The second kappa shape index (κ2) is 6.95. The molecule has 1 atom stereocenters. The lowest BCUT2D eigenvalue weighted by molar-refractivity contribution is 0.0322. The summed E-state index contributed by atoms with van der Waals surface area (Å²) >= 11 is 0.